The first-order chi connectivity index (χ1) is 14.7. The van der Waals surface area contributed by atoms with Gasteiger partial charge in [0, 0.05) is 13.1 Å². The van der Waals surface area contributed by atoms with Crippen LogP contribution in [-0.4, -0.2) is 42.6 Å². The van der Waals surface area contributed by atoms with Gasteiger partial charge in [0.1, 0.15) is 5.82 Å². The first-order valence-electron chi connectivity index (χ1n) is 9.57. The summed E-state index contributed by atoms with van der Waals surface area (Å²) in [6, 6.07) is 0. The number of hydrogen-bond acceptors (Lipinski definition) is 8. The Morgan fingerprint density at radius 1 is 1.19 bits per heavy atom. The number of anilines is 2. The molecule has 0 aliphatic rings. The van der Waals surface area contributed by atoms with Crippen molar-refractivity contribution >= 4 is 29.2 Å². The number of H-pyrrole nitrogens is 1. The van der Waals surface area contributed by atoms with Crippen molar-refractivity contribution in [2.75, 3.05) is 28.8 Å². The number of carbonyl (C=O) groups excluding carboxylic acids is 1. The predicted octanol–water partition coefficient (Wildman–Crippen LogP) is 0.880. The van der Waals surface area contributed by atoms with E-state index in [1.807, 2.05) is 13.8 Å². The van der Waals surface area contributed by atoms with Crippen LogP contribution in [0.5, 0.6) is 0 Å². The fraction of sp³-hybridized carbons (Fsp3) is 0.588. The van der Waals surface area contributed by atoms with Gasteiger partial charge in [0.15, 0.2) is 5.69 Å². The van der Waals surface area contributed by atoms with Crippen LogP contribution in [-0.2, 0) is 17.5 Å². The summed E-state index contributed by atoms with van der Waals surface area (Å²) >= 11 is 0.623. The molecule has 0 saturated heterocycles. The van der Waals surface area contributed by atoms with E-state index in [-0.39, 0.29) is 46.3 Å². The molecule has 0 saturated carbocycles. The molecule has 0 bridgehead atoms. The van der Waals surface area contributed by atoms with E-state index in [1.54, 1.807) is 13.8 Å². The Labute approximate surface area is 184 Å². The maximum Gasteiger partial charge on any atom is 0.453 e. The monoisotopic (exact) mass is 478 g/mol. The molecule has 2 heterocycles. The molecule has 0 fully saturated rings. The molecule has 0 aliphatic carbocycles. The highest BCUT2D eigenvalue weighted by Gasteiger charge is 2.38. The second kappa shape index (κ2) is 9.67. The number of halogens is 3. The number of rotatable bonds is 8. The van der Waals surface area contributed by atoms with Gasteiger partial charge in [-0.1, -0.05) is 39.5 Å². The SMILES string of the molecule is CC(C)CN(C(=O)CSc1nnc(C(F)(F)F)n1N)c1c(N)n(CC(C)C)c(=O)[nH]c1=O. The van der Waals surface area contributed by atoms with Gasteiger partial charge in [0.05, 0.1) is 5.75 Å². The topological polar surface area (TPSA) is 158 Å². The number of carbonyl (C=O) groups is 1. The second-order valence-electron chi connectivity index (χ2n) is 7.86. The summed E-state index contributed by atoms with van der Waals surface area (Å²) in [5.41, 5.74) is 4.36. The lowest BCUT2D eigenvalue weighted by molar-refractivity contribution is -0.146. The van der Waals surface area contributed by atoms with Crippen molar-refractivity contribution in [1.29, 1.82) is 0 Å². The molecule has 178 valence electrons. The van der Waals surface area contributed by atoms with E-state index < -0.39 is 34.9 Å². The fourth-order valence-corrected chi connectivity index (χ4v) is 3.57. The normalized spacial score (nSPS) is 12.0. The molecule has 5 N–H and O–H groups in total. The fourth-order valence-electron chi connectivity index (χ4n) is 2.84. The Morgan fingerprint density at radius 3 is 2.31 bits per heavy atom. The Morgan fingerprint density at radius 2 is 1.81 bits per heavy atom. The number of alkyl halides is 3. The van der Waals surface area contributed by atoms with Gasteiger partial charge in [0.2, 0.25) is 11.1 Å². The minimum Gasteiger partial charge on any atom is -0.383 e. The van der Waals surface area contributed by atoms with Crippen molar-refractivity contribution in [2.45, 2.75) is 45.6 Å². The summed E-state index contributed by atoms with van der Waals surface area (Å²) in [5, 5.41) is 6.03. The Hall–Kier alpha value is -2.97. The van der Waals surface area contributed by atoms with E-state index in [0.717, 1.165) is 4.90 Å². The standard InChI is InChI=1S/C17H25F3N8O3S/c1-8(2)5-26(11-12(21)27(6-9(3)4)15(31)23-13(11)30)10(29)7-32-16-25-24-14(28(16)22)17(18,19)20/h8-9H,5-7,21-22H2,1-4H3,(H,23,30,31). The molecule has 11 nitrogen and oxygen atoms in total. The first-order valence-corrected chi connectivity index (χ1v) is 10.6. The van der Waals surface area contributed by atoms with Crippen LogP contribution in [0.1, 0.15) is 33.5 Å². The number of nitrogens with zero attached hydrogens (tertiary/aromatic N) is 5. The van der Waals surface area contributed by atoms with E-state index in [2.05, 4.69) is 15.2 Å². The zero-order valence-electron chi connectivity index (χ0n) is 17.9. The largest absolute Gasteiger partial charge is 0.453 e. The number of nitrogens with one attached hydrogen (secondary N) is 1. The van der Waals surface area contributed by atoms with E-state index in [1.165, 1.54) is 4.57 Å². The van der Waals surface area contributed by atoms with Crippen LogP contribution in [0.2, 0.25) is 0 Å². The molecule has 32 heavy (non-hydrogen) atoms. The van der Waals surface area contributed by atoms with Gasteiger partial charge in [-0.15, -0.1) is 10.2 Å². The summed E-state index contributed by atoms with van der Waals surface area (Å²) < 4.78 is 39.9. The molecule has 0 spiro atoms. The van der Waals surface area contributed by atoms with Crippen LogP contribution in [0.4, 0.5) is 24.7 Å². The number of hydrogen-bond donors (Lipinski definition) is 3. The summed E-state index contributed by atoms with van der Waals surface area (Å²) in [7, 11) is 0. The average molecular weight is 479 g/mol. The molecule has 0 unspecified atom stereocenters. The number of thioether (sulfide) groups is 1. The Balaban J connectivity index is 2.39. The van der Waals surface area contributed by atoms with Gasteiger partial charge < -0.3 is 16.5 Å². The van der Waals surface area contributed by atoms with Crippen molar-refractivity contribution in [3.63, 3.8) is 0 Å². The summed E-state index contributed by atoms with van der Waals surface area (Å²) in [6.07, 6.45) is -4.81. The van der Waals surface area contributed by atoms with E-state index in [4.69, 9.17) is 11.6 Å². The third-order valence-electron chi connectivity index (χ3n) is 4.12. The van der Waals surface area contributed by atoms with Gasteiger partial charge in [-0.25, -0.2) is 9.47 Å². The molecule has 1 amide bonds. The summed E-state index contributed by atoms with van der Waals surface area (Å²) in [6.45, 7) is 7.59. The molecule has 0 radical (unpaired) electrons. The van der Waals surface area contributed by atoms with Crippen LogP contribution in [0, 0.1) is 11.8 Å². The number of aromatic nitrogens is 5. The minimum atomic E-state index is -4.81. The molecular formula is C17H25F3N8O3S. The average Bonchev–Trinajstić information content (AvgIpc) is 3.02. The van der Waals surface area contributed by atoms with E-state index in [9.17, 15) is 27.6 Å². The quantitative estimate of drug-likeness (QED) is 0.373. The van der Waals surface area contributed by atoms with Gasteiger partial charge in [0.25, 0.3) is 11.4 Å². The van der Waals surface area contributed by atoms with Crippen molar-refractivity contribution in [3.05, 3.63) is 26.7 Å². The Kier molecular flexibility index (Phi) is 7.64. The van der Waals surface area contributed by atoms with Crippen LogP contribution < -0.4 is 27.7 Å². The summed E-state index contributed by atoms with van der Waals surface area (Å²) in [4.78, 5) is 41.0. The van der Waals surface area contributed by atoms with Crippen LogP contribution >= 0.6 is 11.8 Å². The predicted molar refractivity (Wildman–Crippen MR) is 114 cm³/mol. The molecular weight excluding hydrogens is 453 g/mol. The molecule has 15 heteroatoms. The zero-order chi connectivity index (χ0) is 24.4. The Bertz CT molecular complexity index is 1090. The second-order valence-corrected chi connectivity index (χ2v) is 8.80. The molecule has 0 atom stereocenters. The van der Waals surface area contributed by atoms with Crippen molar-refractivity contribution < 1.29 is 18.0 Å². The molecule has 2 rings (SSSR count). The van der Waals surface area contributed by atoms with Crippen LogP contribution in [0.25, 0.3) is 0 Å². The number of nitrogens with two attached hydrogens (primary N) is 2. The number of amides is 1. The highest BCUT2D eigenvalue weighted by atomic mass is 32.2. The van der Waals surface area contributed by atoms with Crippen molar-refractivity contribution in [2.24, 2.45) is 11.8 Å². The lowest BCUT2D eigenvalue weighted by Gasteiger charge is -2.26. The van der Waals surface area contributed by atoms with Crippen molar-refractivity contribution in [1.82, 2.24) is 24.4 Å². The smallest absolute Gasteiger partial charge is 0.383 e. The van der Waals surface area contributed by atoms with Crippen molar-refractivity contribution in [3.8, 4) is 0 Å². The molecule has 0 aliphatic heterocycles. The molecule has 0 aromatic carbocycles. The number of aromatic amines is 1. The minimum absolute atomic E-state index is 0.0253. The van der Waals surface area contributed by atoms with Gasteiger partial charge in [-0.2, -0.15) is 13.2 Å². The highest BCUT2D eigenvalue weighted by Crippen LogP contribution is 2.29. The lowest BCUT2D eigenvalue weighted by Crippen LogP contribution is -2.43. The zero-order valence-corrected chi connectivity index (χ0v) is 18.8. The third-order valence-corrected chi connectivity index (χ3v) is 5.05. The van der Waals surface area contributed by atoms with E-state index >= 15 is 0 Å². The maximum atomic E-state index is 13.0. The summed E-state index contributed by atoms with van der Waals surface area (Å²) in [5.74, 6) is 2.70. The highest BCUT2D eigenvalue weighted by molar-refractivity contribution is 7.99. The van der Waals surface area contributed by atoms with Gasteiger partial charge in [-0.05, 0) is 11.8 Å². The third kappa shape index (κ3) is 5.63. The van der Waals surface area contributed by atoms with Gasteiger partial charge >= 0.3 is 11.9 Å². The van der Waals surface area contributed by atoms with Crippen LogP contribution in [0.15, 0.2) is 14.7 Å². The number of nitrogen functional groups attached to an aromatic ring is 2. The lowest BCUT2D eigenvalue weighted by atomic mass is 10.2. The molecule has 2 aromatic rings. The molecule has 2 aromatic heterocycles. The maximum absolute atomic E-state index is 13.0. The van der Waals surface area contributed by atoms with Crippen LogP contribution in [0.3, 0.4) is 0 Å². The van der Waals surface area contributed by atoms with Gasteiger partial charge in [-0.3, -0.25) is 19.1 Å². The first kappa shape index (κ1) is 25.3. The van der Waals surface area contributed by atoms with E-state index in [0.29, 0.717) is 11.8 Å².